The highest BCUT2D eigenvalue weighted by molar-refractivity contribution is 5.71. The van der Waals surface area contributed by atoms with E-state index in [0.717, 1.165) is 70.6 Å². The quantitative estimate of drug-likeness (QED) is 0.0369. The van der Waals surface area contributed by atoms with Gasteiger partial charge in [-0.2, -0.15) is 0 Å². The van der Waals surface area contributed by atoms with Crippen molar-refractivity contribution in [1.29, 1.82) is 0 Å². The second-order valence-corrected chi connectivity index (χ2v) is 19.7. The van der Waals surface area contributed by atoms with Gasteiger partial charge in [-0.3, -0.25) is 14.4 Å². The van der Waals surface area contributed by atoms with Gasteiger partial charge in [-0.1, -0.05) is 277 Å². The fraction of sp³-hybridized carbons (Fsp3) is 0.947. The van der Waals surface area contributed by atoms with Gasteiger partial charge in [0.25, 0.3) is 0 Å². The number of unbranched alkanes of at least 4 members (excludes halogenated alkanes) is 42. The van der Waals surface area contributed by atoms with E-state index in [4.69, 9.17) is 19.3 Å². The van der Waals surface area contributed by atoms with Gasteiger partial charge in [0.2, 0.25) is 0 Å². The first-order valence-corrected chi connectivity index (χ1v) is 28.6. The Hall–Kier alpha value is -1.63. The minimum atomic E-state index is -0.769. The van der Waals surface area contributed by atoms with E-state index in [1.54, 1.807) is 0 Å². The van der Waals surface area contributed by atoms with Crippen LogP contribution in [0.2, 0.25) is 0 Å². The molecule has 0 spiro atoms. The lowest BCUT2D eigenvalue weighted by Gasteiger charge is -2.18. The van der Waals surface area contributed by atoms with E-state index in [2.05, 4.69) is 13.8 Å². The summed E-state index contributed by atoms with van der Waals surface area (Å²) in [4.78, 5) is 38.1. The highest BCUT2D eigenvalue weighted by Crippen LogP contribution is 2.18. The molecule has 7 heteroatoms. The Labute approximate surface area is 398 Å². The Kier molecular flexibility index (Phi) is 52.6. The molecule has 64 heavy (non-hydrogen) atoms. The Balaban J connectivity index is 4.29. The molecule has 380 valence electrons. The van der Waals surface area contributed by atoms with Crippen LogP contribution in [0.25, 0.3) is 0 Å². The molecule has 0 aliphatic carbocycles. The number of aliphatic hydroxyl groups excluding tert-OH is 1. The monoisotopic (exact) mass is 907 g/mol. The topological polar surface area (TPSA) is 99.1 Å². The van der Waals surface area contributed by atoms with Gasteiger partial charge in [-0.25, -0.2) is 0 Å². The Morgan fingerprint density at radius 1 is 0.297 bits per heavy atom. The maximum atomic E-state index is 12.8. The predicted molar refractivity (Wildman–Crippen MR) is 272 cm³/mol. The molecule has 1 atom stereocenters. The average molecular weight is 907 g/mol. The molecule has 0 aromatic heterocycles. The zero-order valence-electron chi connectivity index (χ0n) is 43.0. The van der Waals surface area contributed by atoms with Gasteiger partial charge < -0.3 is 19.3 Å². The van der Waals surface area contributed by atoms with Crippen molar-refractivity contribution in [3.63, 3.8) is 0 Å². The van der Waals surface area contributed by atoms with Crippen LogP contribution >= 0.6 is 0 Å². The molecular formula is C57H110O7. The lowest BCUT2D eigenvalue weighted by molar-refractivity contribution is -0.167. The zero-order valence-corrected chi connectivity index (χ0v) is 43.0. The summed E-state index contributed by atoms with van der Waals surface area (Å²) in [5, 5.41) is 8.87. The van der Waals surface area contributed by atoms with Crippen molar-refractivity contribution in [3.8, 4) is 0 Å². The summed E-state index contributed by atoms with van der Waals surface area (Å²) in [5.74, 6) is -0.855. The van der Waals surface area contributed by atoms with E-state index in [0.29, 0.717) is 25.9 Å². The minimum Gasteiger partial charge on any atom is -0.462 e. The van der Waals surface area contributed by atoms with Gasteiger partial charge in [0, 0.05) is 25.9 Å². The van der Waals surface area contributed by atoms with Gasteiger partial charge in [0.05, 0.1) is 0 Å². The van der Waals surface area contributed by atoms with Crippen LogP contribution in [0.15, 0.2) is 0 Å². The van der Waals surface area contributed by atoms with E-state index in [-0.39, 0.29) is 31.1 Å². The molecule has 0 bridgehead atoms. The molecule has 0 aliphatic rings. The third-order valence-electron chi connectivity index (χ3n) is 13.2. The maximum Gasteiger partial charge on any atom is 0.306 e. The van der Waals surface area contributed by atoms with Crippen molar-refractivity contribution in [2.75, 3.05) is 19.8 Å². The van der Waals surface area contributed by atoms with Crippen LogP contribution in [0.3, 0.4) is 0 Å². The molecule has 0 aromatic carbocycles. The molecule has 0 amide bonds. The smallest absolute Gasteiger partial charge is 0.306 e. The number of carbonyl (C=O) groups excluding carboxylic acids is 3. The lowest BCUT2D eigenvalue weighted by Crippen LogP contribution is -2.30. The summed E-state index contributed by atoms with van der Waals surface area (Å²) in [6.45, 7) is 4.74. The number of hydrogen-bond acceptors (Lipinski definition) is 7. The van der Waals surface area contributed by atoms with Crippen molar-refractivity contribution in [3.05, 3.63) is 0 Å². The van der Waals surface area contributed by atoms with Crippen LogP contribution in [0.5, 0.6) is 0 Å². The third-order valence-corrected chi connectivity index (χ3v) is 13.2. The zero-order chi connectivity index (χ0) is 46.5. The van der Waals surface area contributed by atoms with Gasteiger partial charge in [0.15, 0.2) is 6.10 Å². The van der Waals surface area contributed by atoms with Crippen LogP contribution in [0, 0.1) is 0 Å². The van der Waals surface area contributed by atoms with Crippen molar-refractivity contribution >= 4 is 17.9 Å². The molecule has 0 rings (SSSR count). The normalized spacial score (nSPS) is 11.9. The number of carbonyl (C=O) groups is 3. The summed E-state index contributed by atoms with van der Waals surface area (Å²) in [6, 6.07) is 0. The van der Waals surface area contributed by atoms with Crippen LogP contribution in [0.4, 0.5) is 0 Å². The molecular weight excluding hydrogens is 797 g/mol. The fourth-order valence-corrected chi connectivity index (χ4v) is 8.84. The van der Waals surface area contributed by atoms with E-state index in [1.165, 1.54) is 218 Å². The van der Waals surface area contributed by atoms with Gasteiger partial charge in [-0.15, -0.1) is 0 Å². The Morgan fingerprint density at radius 3 is 0.734 bits per heavy atom. The van der Waals surface area contributed by atoms with Crippen molar-refractivity contribution < 1.29 is 33.7 Å². The highest BCUT2D eigenvalue weighted by Gasteiger charge is 2.19. The lowest BCUT2D eigenvalue weighted by atomic mass is 10.0. The van der Waals surface area contributed by atoms with E-state index in [9.17, 15) is 14.4 Å². The van der Waals surface area contributed by atoms with Crippen molar-refractivity contribution in [1.82, 2.24) is 0 Å². The van der Waals surface area contributed by atoms with Crippen LogP contribution in [-0.4, -0.2) is 48.9 Å². The minimum absolute atomic E-state index is 0.0686. The number of aliphatic hydroxyl groups is 1. The average Bonchev–Trinajstić information content (AvgIpc) is 3.29. The SMILES string of the molecule is CCCCCCCCCCCCCCCCCC(=O)OCC(COC(=O)CCCCCCCCCCCCCCCCCO)OC(=O)CCCCCCCCCCCCCCCCC. The summed E-state index contributed by atoms with van der Waals surface area (Å²) in [7, 11) is 0. The molecule has 0 heterocycles. The number of rotatable bonds is 54. The van der Waals surface area contributed by atoms with E-state index in [1.807, 2.05) is 0 Å². The first-order chi connectivity index (χ1) is 31.5. The molecule has 0 saturated heterocycles. The van der Waals surface area contributed by atoms with Gasteiger partial charge in [0.1, 0.15) is 13.2 Å². The van der Waals surface area contributed by atoms with E-state index >= 15 is 0 Å². The first-order valence-electron chi connectivity index (χ1n) is 28.6. The second-order valence-electron chi connectivity index (χ2n) is 19.7. The first kappa shape index (κ1) is 62.4. The van der Waals surface area contributed by atoms with E-state index < -0.39 is 6.10 Å². The standard InChI is InChI=1S/C57H110O7/c1-3-5-7-9-11-13-15-17-20-24-28-32-36-40-44-48-55(59)62-52-54(64-57(61)50-46-42-38-34-30-26-21-18-16-14-12-10-8-6-4-2)53-63-56(60)49-45-41-37-33-29-25-22-19-23-27-31-35-39-43-47-51-58/h54,58H,3-53H2,1-2H3. The number of ether oxygens (including phenoxy) is 3. The number of hydrogen-bond donors (Lipinski definition) is 1. The Bertz CT molecular complexity index is 954. The fourth-order valence-electron chi connectivity index (χ4n) is 8.84. The molecule has 0 saturated carbocycles. The summed E-state index contributed by atoms with van der Waals surface area (Å²) in [6.07, 6.45) is 56.6. The molecule has 1 unspecified atom stereocenters. The van der Waals surface area contributed by atoms with Gasteiger partial charge >= 0.3 is 17.9 Å². The molecule has 0 aliphatic heterocycles. The largest absolute Gasteiger partial charge is 0.462 e. The van der Waals surface area contributed by atoms with Crippen LogP contribution in [-0.2, 0) is 28.6 Å². The summed E-state index contributed by atoms with van der Waals surface area (Å²) >= 11 is 0. The molecule has 1 N–H and O–H groups in total. The van der Waals surface area contributed by atoms with Crippen LogP contribution in [0.1, 0.15) is 322 Å². The van der Waals surface area contributed by atoms with Crippen molar-refractivity contribution in [2.45, 2.75) is 328 Å². The maximum absolute atomic E-state index is 12.8. The highest BCUT2D eigenvalue weighted by atomic mass is 16.6. The predicted octanol–water partition coefficient (Wildman–Crippen LogP) is 17.7. The molecule has 0 fully saturated rings. The van der Waals surface area contributed by atoms with Crippen molar-refractivity contribution in [2.24, 2.45) is 0 Å². The second kappa shape index (κ2) is 54.0. The molecule has 7 nitrogen and oxygen atoms in total. The molecule has 0 aromatic rings. The summed E-state index contributed by atoms with van der Waals surface area (Å²) < 4.78 is 16.9. The van der Waals surface area contributed by atoms with Gasteiger partial charge in [-0.05, 0) is 25.7 Å². The third kappa shape index (κ3) is 51.4. The van der Waals surface area contributed by atoms with Crippen LogP contribution < -0.4 is 0 Å². The summed E-state index contributed by atoms with van der Waals surface area (Å²) in [5.41, 5.74) is 0. The Morgan fingerprint density at radius 2 is 0.500 bits per heavy atom. The number of esters is 3. The molecule has 0 radical (unpaired) electrons.